The van der Waals surface area contributed by atoms with E-state index in [1.807, 2.05) is 23.5 Å². The number of rotatable bonds is 1. The molecule has 0 atom stereocenters. The molecular formula is C32H15N3S. The van der Waals surface area contributed by atoms with E-state index in [0.717, 1.165) is 22.1 Å². The summed E-state index contributed by atoms with van der Waals surface area (Å²) in [7, 11) is 0. The molecule has 0 spiro atoms. The van der Waals surface area contributed by atoms with Gasteiger partial charge < -0.3 is 4.57 Å². The summed E-state index contributed by atoms with van der Waals surface area (Å²) in [6.45, 7) is 0. The molecule has 0 N–H and O–H groups in total. The van der Waals surface area contributed by atoms with Crippen LogP contribution < -0.4 is 0 Å². The highest BCUT2D eigenvalue weighted by Gasteiger charge is 2.27. The van der Waals surface area contributed by atoms with E-state index < -0.39 is 0 Å². The molecule has 0 amide bonds. The zero-order valence-electron chi connectivity index (χ0n) is 18.9. The smallest absolute Gasteiger partial charge is 0.0979 e. The summed E-state index contributed by atoms with van der Waals surface area (Å²) >= 11 is 1.90. The summed E-state index contributed by atoms with van der Waals surface area (Å²) in [6.07, 6.45) is 0. The zero-order chi connectivity index (χ0) is 23.1. The second kappa shape index (κ2) is 5.81. The van der Waals surface area contributed by atoms with Gasteiger partial charge in [0.15, 0.2) is 0 Å². The van der Waals surface area contributed by atoms with Gasteiger partial charge in [0.1, 0.15) is 0 Å². The summed E-state index contributed by atoms with van der Waals surface area (Å²) < 4.78 is 5.13. The average Bonchev–Trinajstić information content (AvgIpc) is 3.48. The van der Waals surface area contributed by atoms with Crippen LogP contribution in [0.1, 0.15) is 0 Å². The van der Waals surface area contributed by atoms with Crippen molar-refractivity contribution in [2.24, 2.45) is 0 Å². The highest BCUT2D eigenvalue weighted by molar-refractivity contribution is 7.26. The van der Waals surface area contributed by atoms with Gasteiger partial charge in [-0.25, -0.2) is 9.97 Å². The third kappa shape index (κ3) is 1.85. The Balaban J connectivity index is 1.59. The fraction of sp³-hybridized carbons (Fsp3) is 0. The van der Waals surface area contributed by atoms with Gasteiger partial charge in [0.25, 0.3) is 0 Å². The maximum absolute atomic E-state index is 5.18. The second-order valence-electron chi connectivity index (χ2n) is 9.76. The molecule has 0 fully saturated rings. The molecule has 36 heavy (non-hydrogen) atoms. The first-order valence-electron chi connectivity index (χ1n) is 12.2. The third-order valence-electron chi connectivity index (χ3n) is 8.04. The molecule has 10 aromatic rings. The number of hydrogen-bond donors (Lipinski definition) is 0. The third-order valence-corrected chi connectivity index (χ3v) is 9.16. The Morgan fingerprint density at radius 1 is 0.472 bits per heavy atom. The molecule has 10 rings (SSSR count). The molecule has 4 heteroatoms. The molecular weight excluding hydrogens is 458 g/mol. The van der Waals surface area contributed by atoms with E-state index in [2.05, 4.69) is 83.4 Å². The molecule has 3 aromatic heterocycles. The summed E-state index contributed by atoms with van der Waals surface area (Å²) in [4.78, 5) is 10.4. The fourth-order valence-corrected chi connectivity index (χ4v) is 7.81. The monoisotopic (exact) mass is 473 g/mol. The van der Waals surface area contributed by atoms with Crippen LogP contribution >= 0.6 is 11.3 Å². The van der Waals surface area contributed by atoms with Crippen LogP contribution in [0.2, 0.25) is 0 Å². The van der Waals surface area contributed by atoms with Crippen molar-refractivity contribution in [2.45, 2.75) is 0 Å². The molecule has 0 saturated carbocycles. The van der Waals surface area contributed by atoms with Crippen molar-refractivity contribution in [2.75, 3.05) is 0 Å². The van der Waals surface area contributed by atoms with Gasteiger partial charge in [0, 0.05) is 58.2 Å². The minimum atomic E-state index is 0.939. The van der Waals surface area contributed by atoms with Crippen LogP contribution in [0.4, 0.5) is 0 Å². The lowest BCUT2D eigenvalue weighted by atomic mass is 9.88. The predicted molar refractivity (Wildman–Crippen MR) is 153 cm³/mol. The van der Waals surface area contributed by atoms with E-state index in [0.29, 0.717) is 0 Å². The van der Waals surface area contributed by atoms with Crippen molar-refractivity contribution in [1.29, 1.82) is 0 Å². The van der Waals surface area contributed by atoms with E-state index in [1.165, 1.54) is 69.2 Å². The maximum atomic E-state index is 5.18. The van der Waals surface area contributed by atoms with Crippen molar-refractivity contribution < 1.29 is 0 Å². The van der Waals surface area contributed by atoms with E-state index in [1.54, 1.807) is 0 Å². The molecule has 0 aliphatic rings. The second-order valence-corrected chi connectivity index (χ2v) is 10.8. The molecule has 0 saturated heterocycles. The summed E-state index contributed by atoms with van der Waals surface area (Å²) in [5.41, 5.74) is 7.57. The van der Waals surface area contributed by atoms with Gasteiger partial charge in [0.2, 0.25) is 0 Å². The topological polar surface area (TPSA) is 30.7 Å². The van der Waals surface area contributed by atoms with Gasteiger partial charge in [-0.05, 0) is 54.6 Å². The standard InChI is InChI=1S/C32H15N3S/c1-2-6-16(7-3-1)35-21-12-10-17-25-26-18(32-31(17)33-19-8-4-5-9-20(19)34-32)11-14-23-29(26)30-24(36-23)15-13-22(35)28(30)27(21)25/h1-15H. The Labute approximate surface area is 207 Å². The number of para-hydroxylation sites is 3. The Morgan fingerprint density at radius 3 is 1.72 bits per heavy atom. The molecule has 164 valence electrons. The summed E-state index contributed by atoms with van der Waals surface area (Å²) in [6, 6.07) is 32.7. The van der Waals surface area contributed by atoms with Crippen molar-refractivity contribution in [3.05, 3.63) is 91.0 Å². The Bertz CT molecular complexity index is 2460. The van der Waals surface area contributed by atoms with Crippen LogP contribution in [0, 0.1) is 0 Å². The van der Waals surface area contributed by atoms with Crippen molar-refractivity contribution in [1.82, 2.24) is 14.5 Å². The molecule has 0 unspecified atom stereocenters. The van der Waals surface area contributed by atoms with Crippen LogP contribution in [0.3, 0.4) is 0 Å². The highest BCUT2D eigenvalue weighted by Crippen LogP contribution is 2.53. The zero-order valence-corrected chi connectivity index (χ0v) is 19.7. The largest absolute Gasteiger partial charge is 0.309 e. The fourth-order valence-electron chi connectivity index (χ4n) is 6.69. The van der Waals surface area contributed by atoms with Crippen LogP contribution in [0.15, 0.2) is 91.0 Å². The number of thiophene rings is 1. The van der Waals surface area contributed by atoms with E-state index in [-0.39, 0.29) is 0 Å². The molecule has 3 heterocycles. The van der Waals surface area contributed by atoms with Crippen molar-refractivity contribution >= 4 is 96.9 Å². The predicted octanol–water partition coefficient (Wildman–Crippen LogP) is 8.87. The SMILES string of the molecule is c1ccc(-n2c3ccc4sc5ccc6c7nc8ccccc8nc7c7ccc2c2c7c6c5c4c23)cc1. The van der Waals surface area contributed by atoms with Crippen LogP contribution in [0.25, 0.3) is 91.3 Å². The molecule has 0 aliphatic heterocycles. The number of benzene rings is 7. The first kappa shape index (κ1) is 17.8. The molecule has 7 aromatic carbocycles. The molecule has 0 radical (unpaired) electrons. The van der Waals surface area contributed by atoms with E-state index in [9.17, 15) is 0 Å². The van der Waals surface area contributed by atoms with Crippen molar-refractivity contribution in [3.63, 3.8) is 0 Å². The first-order chi connectivity index (χ1) is 17.9. The van der Waals surface area contributed by atoms with E-state index in [4.69, 9.17) is 9.97 Å². The highest BCUT2D eigenvalue weighted by atomic mass is 32.1. The quantitative estimate of drug-likeness (QED) is 0.176. The number of aromatic nitrogens is 3. The van der Waals surface area contributed by atoms with Gasteiger partial charge in [0.05, 0.1) is 33.1 Å². The Hall–Kier alpha value is -4.54. The Kier molecular flexibility index (Phi) is 2.88. The molecule has 0 bridgehead atoms. The Morgan fingerprint density at radius 2 is 1.00 bits per heavy atom. The number of fused-ring (bicyclic) bond motifs is 4. The molecule has 0 aliphatic carbocycles. The summed E-state index contributed by atoms with van der Waals surface area (Å²) in [5, 5.41) is 10.5. The average molecular weight is 474 g/mol. The van der Waals surface area contributed by atoms with Gasteiger partial charge in [-0.3, -0.25) is 0 Å². The van der Waals surface area contributed by atoms with Crippen LogP contribution in [-0.4, -0.2) is 14.5 Å². The summed E-state index contributed by atoms with van der Waals surface area (Å²) in [5.74, 6) is 0. The minimum absolute atomic E-state index is 0.939. The normalized spacial score (nSPS) is 13.0. The van der Waals surface area contributed by atoms with Gasteiger partial charge in [-0.2, -0.15) is 0 Å². The first-order valence-corrected chi connectivity index (χ1v) is 13.0. The van der Waals surface area contributed by atoms with Crippen LogP contribution in [-0.2, 0) is 0 Å². The van der Waals surface area contributed by atoms with E-state index >= 15 is 0 Å². The van der Waals surface area contributed by atoms with Crippen LogP contribution in [0.5, 0.6) is 0 Å². The van der Waals surface area contributed by atoms with Gasteiger partial charge >= 0.3 is 0 Å². The lowest BCUT2D eigenvalue weighted by molar-refractivity contribution is 1.18. The van der Waals surface area contributed by atoms with Gasteiger partial charge in [-0.1, -0.05) is 36.4 Å². The van der Waals surface area contributed by atoms with Crippen molar-refractivity contribution in [3.8, 4) is 5.69 Å². The number of nitrogens with zero attached hydrogens (tertiary/aromatic N) is 3. The lowest BCUT2D eigenvalue weighted by Crippen LogP contribution is -1.94. The minimum Gasteiger partial charge on any atom is -0.309 e. The lowest BCUT2D eigenvalue weighted by Gasteiger charge is -2.15. The van der Waals surface area contributed by atoms with Gasteiger partial charge in [-0.15, -0.1) is 11.3 Å². The molecule has 3 nitrogen and oxygen atoms in total. The maximum Gasteiger partial charge on any atom is 0.0979 e. The number of hydrogen-bond acceptors (Lipinski definition) is 3.